The number of pyridine rings is 1. The molecule has 1 aromatic heterocycles. The predicted molar refractivity (Wildman–Crippen MR) is 137 cm³/mol. The monoisotopic (exact) mass is 544 g/mol. The van der Waals surface area contributed by atoms with Crippen LogP contribution in [0, 0.1) is 0 Å². The maximum absolute atomic E-state index is 12.8. The van der Waals surface area contributed by atoms with E-state index in [0.29, 0.717) is 28.9 Å². The number of hydrazone groups is 1. The van der Waals surface area contributed by atoms with Gasteiger partial charge < -0.3 is 14.8 Å². The van der Waals surface area contributed by atoms with E-state index in [1.807, 2.05) is 6.92 Å². The summed E-state index contributed by atoms with van der Waals surface area (Å²) in [6, 6.07) is 14.3. The van der Waals surface area contributed by atoms with Gasteiger partial charge in [-0.05, 0) is 54.4 Å². The first kappa shape index (κ1) is 27.0. The Morgan fingerprint density at radius 2 is 1.89 bits per heavy atom. The van der Waals surface area contributed by atoms with Crippen LogP contribution in [0.4, 0.5) is 23.7 Å². The average molecular weight is 545 g/mol. The third kappa shape index (κ3) is 6.62. The van der Waals surface area contributed by atoms with Crippen molar-refractivity contribution >= 4 is 34.3 Å². The summed E-state index contributed by atoms with van der Waals surface area (Å²) in [6.45, 7) is 2.06. The zero-order valence-electron chi connectivity index (χ0n) is 20.4. The van der Waals surface area contributed by atoms with Crippen molar-refractivity contribution in [2.45, 2.75) is 31.5 Å². The first-order valence-corrected chi connectivity index (χ1v) is 12.4. The van der Waals surface area contributed by atoms with Gasteiger partial charge in [0.15, 0.2) is 11.5 Å². The summed E-state index contributed by atoms with van der Waals surface area (Å²) < 4.78 is 47.3. The molecule has 12 heteroatoms. The van der Waals surface area contributed by atoms with Gasteiger partial charge in [-0.25, -0.2) is 5.01 Å². The number of hydrogen-bond acceptors (Lipinski definition) is 7. The van der Waals surface area contributed by atoms with Gasteiger partial charge in [0.1, 0.15) is 0 Å². The molecule has 2 amide bonds. The molecule has 0 radical (unpaired) electrons. The van der Waals surface area contributed by atoms with E-state index in [-0.39, 0.29) is 28.7 Å². The number of methoxy groups -OCH3 is 1. The van der Waals surface area contributed by atoms with Crippen molar-refractivity contribution in [2.75, 3.05) is 12.4 Å². The van der Waals surface area contributed by atoms with Crippen LogP contribution in [0.2, 0.25) is 0 Å². The minimum Gasteiger partial charge on any atom is -0.493 e. The van der Waals surface area contributed by atoms with E-state index in [1.165, 1.54) is 36.5 Å². The van der Waals surface area contributed by atoms with Crippen molar-refractivity contribution in [3.63, 3.8) is 0 Å². The Morgan fingerprint density at radius 3 is 2.53 bits per heavy atom. The Labute approximate surface area is 220 Å². The summed E-state index contributed by atoms with van der Waals surface area (Å²) in [5.74, 6) is -0.866. The van der Waals surface area contributed by atoms with E-state index < -0.39 is 12.1 Å². The second-order valence-electron chi connectivity index (χ2n) is 8.13. The highest BCUT2D eigenvalue weighted by molar-refractivity contribution is 8.14. The van der Waals surface area contributed by atoms with Gasteiger partial charge >= 0.3 is 11.6 Å². The number of carbonyl (C=O) groups is 2. The van der Waals surface area contributed by atoms with Crippen LogP contribution in [-0.4, -0.2) is 45.6 Å². The van der Waals surface area contributed by atoms with Gasteiger partial charge in [-0.3, -0.25) is 14.6 Å². The standard InChI is InChI=1S/C26H23F3N4O4S/c1-3-22-23(17-8-11-20(21(13-17)36-2)37-26(27,28)29)32-33(25(35)38-22)15-16-6-9-19(10-7-16)31-24(34)18-5-4-12-30-14-18/h4-14,22H,3,15H2,1-2H3,(H,31,34). The number of hydrogen-bond donors (Lipinski definition) is 1. The maximum atomic E-state index is 12.8. The number of nitrogens with zero attached hydrogens (tertiary/aromatic N) is 3. The molecule has 4 rings (SSSR count). The molecule has 1 N–H and O–H groups in total. The number of rotatable bonds is 8. The Bertz CT molecular complexity index is 1330. The number of ether oxygens (including phenoxy) is 2. The van der Waals surface area contributed by atoms with Gasteiger partial charge in [-0.2, -0.15) is 5.10 Å². The number of nitrogens with one attached hydrogen (secondary N) is 1. The SMILES string of the molecule is CCC1SC(=O)N(Cc2ccc(NC(=O)c3cccnc3)cc2)N=C1c1ccc(OC(F)(F)F)c(OC)c1. The molecule has 8 nitrogen and oxygen atoms in total. The van der Waals surface area contributed by atoms with Crippen LogP contribution < -0.4 is 14.8 Å². The van der Waals surface area contributed by atoms with Crippen molar-refractivity contribution in [3.8, 4) is 11.5 Å². The van der Waals surface area contributed by atoms with Crippen molar-refractivity contribution in [1.82, 2.24) is 9.99 Å². The second-order valence-corrected chi connectivity index (χ2v) is 9.28. The van der Waals surface area contributed by atoms with Gasteiger partial charge in [0.2, 0.25) is 0 Å². The number of carbonyl (C=O) groups excluding carboxylic acids is 2. The van der Waals surface area contributed by atoms with E-state index in [4.69, 9.17) is 4.74 Å². The Hall–Kier alpha value is -4.06. The lowest BCUT2D eigenvalue weighted by atomic mass is 10.0. The molecule has 0 bridgehead atoms. The summed E-state index contributed by atoms with van der Waals surface area (Å²) in [7, 11) is 1.25. The minimum absolute atomic E-state index is 0.102. The second kappa shape index (κ2) is 11.5. The summed E-state index contributed by atoms with van der Waals surface area (Å²) >= 11 is 1.09. The number of aromatic nitrogens is 1. The number of halogens is 3. The van der Waals surface area contributed by atoms with Crippen molar-refractivity contribution in [3.05, 3.63) is 83.7 Å². The number of anilines is 1. The highest BCUT2D eigenvalue weighted by Gasteiger charge is 2.34. The first-order valence-electron chi connectivity index (χ1n) is 11.5. The van der Waals surface area contributed by atoms with Crippen LogP contribution >= 0.6 is 11.8 Å². The molecule has 1 atom stereocenters. The van der Waals surface area contributed by atoms with Gasteiger partial charge in [-0.15, -0.1) is 13.2 Å². The number of alkyl halides is 3. The molecule has 0 fully saturated rings. The van der Waals surface area contributed by atoms with Gasteiger partial charge in [0, 0.05) is 23.6 Å². The third-order valence-electron chi connectivity index (χ3n) is 5.51. The molecule has 0 saturated carbocycles. The maximum Gasteiger partial charge on any atom is 0.573 e. The van der Waals surface area contributed by atoms with Crippen LogP contribution in [0.5, 0.6) is 11.5 Å². The summed E-state index contributed by atoms with van der Waals surface area (Å²) in [4.78, 5) is 29.1. The van der Waals surface area contributed by atoms with Crippen LogP contribution in [-0.2, 0) is 6.54 Å². The molecule has 38 heavy (non-hydrogen) atoms. The zero-order valence-corrected chi connectivity index (χ0v) is 21.2. The van der Waals surface area contributed by atoms with E-state index in [9.17, 15) is 22.8 Å². The molecular weight excluding hydrogens is 521 g/mol. The van der Waals surface area contributed by atoms with Crippen molar-refractivity contribution < 1.29 is 32.2 Å². The number of benzene rings is 2. The van der Waals surface area contributed by atoms with E-state index in [2.05, 4.69) is 20.1 Å². The quantitative estimate of drug-likeness (QED) is 0.369. The molecule has 0 aliphatic carbocycles. The van der Waals surface area contributed by atoms with E-state index in [1.54, 1.807) is 42.6 Å². The molecule has 1 unspecified atom stereocenters. The van der Waals surface area contributed by atoms with Gasteiger partial charge in [0.25, 0.3) is 5.91 Å². The van der Waals surface area contributed by atoms with Crippen molar-refractivity contribution in [2.24, 2.45) is 5.10 Å². The Balaban J connectivity index is 1.53. The topological polar surface area (TPSA) is 93.1 Å². The van der Waals surface area contributed by atoms with Crippen LogP contribution in [0.15, 0.2) is 72.1 Å². The van der Waals surface area contributed by atoms with E-state index >= 15 is 0 Å². The smallest absolute Gasteiger partial charge is 0.493 e. The van der Waals surface area contributed by atoms with E-state index in [0.717, 1.165) is 17.3 Å². The molecule has 0 spiro atoms. The third-order valence-corrected chi connectivity index (χ3v) is 6.76. The zero-order chi connectivity index (χ0) is 27.3. The van der Waals surface area contributed by atoms with Gasteiger partial charge in [0.05, 0.1) is 30.2 Å². The van der Waals surface area contributed by atoms with Crippen molar-refractivity contribution in [1.29, 1.82) is 0 Å². The summed E-state index contributed by atoms with van der Waals surface area (Å²) in [6.07, 6.45) is -1.23. The normalized spacial score (nSPS) is 15.6. The lowest BCUT2D eigenvalue weighted by Gasteiger charge is -2.28. The lowest BCUT2D eigenvalue weighted by molar-refractivity contribution is -0.275. The van der Waals surface area contributed by atoms with Crippen LogP contribution in [0.3, 0.4) is 0 Å². The fourth-order valence-electron chi connectivity index (χ4n) is 3.70. The molecule has 198 valence electrons. The Kier molecular flexibility index (Phi) is 8.20. The fraction of sp³-hybridized carbons (Fsp3) is 0.231. The predicted octanol–water partition coefficient (Wildman–Crippen LogP) is 6.09. The number of amides is 2. The molecular formula is C26H23F3N4O4S. The number of thioether (sulfide) groups is 1. The molecule has 1 aliphatic heterocycles. The lowest BCUT2D eigenvalue weighted by Crippen LogP contribution is -2.34. The first-order chi connectivity index (χ1) is 18.2. The minimum atomic E-state index is -4.86. The van der Waals surface area contributed by atoms with Crippen LogP contribution in [0.25, 0.3) is 0 Å². The molecule has 1 aliphatic rings. The fourth-order valence-corrected chi connectivity index (χ4v) is 4.63. The largest absolute Gasteiger partial charge is 0.573 e. The highest BCUT2D eigenvalue weighted by Crippen LogP contribution is 2.36. The summed E-state index contributed by atoms with van der Waals surface area (Å²) in [5.41, 5.74) is 2.82. The van der Waals surface area contributed by atoms with Crippen LogP contribution in [0.1, 0.15) is 34.8 Å². The highest BCUT2D eigenvalue weighted by atomic mass is 32.2. The van der Waals surface area contributed by atoms with Gasteiger partial charge in [-0.1, -0.05) is 30.8 Å². The average Bonchev–Trinajstić information content (AvgIpc) is 2.90. The molecule has 3 aromatic rings. The Morgan fingerprint density at radius 1 is 1.13 bits per heavy atom. The molecule has 2 aromatic carbocycles. The summed E-state index contributed by atoms with van der Waals surface area (Å²) in [5, 5.41) is 8.11. The molecule has 2 heterocycles. The molecule has 0 saturated heterocycles.